The van der Waals surface area contributed by atoms with Crippen molar-refractivity contribution in [1.82, 2.24) is 0 Å². The van der Waals surface area contributed by atoms with Crippen molar-refractivity contribution in [1.29, 1.82) is 0 Å². The molecule has 0 radical (unpaired) electrons. The van der Waals surface area contributed by atoms with E-state index in [-0.39, 0.29) is 0 Å². The second-order valence-corrected chi connectivity index (χ2v) is 3.52. The Morgan fingerprint density at radius 2 is 1.75 bits per heavy atom. The molecule has 1 aromatic carbocycles. The van der Waals surface area contributed by atoms with E-state index in [0.29, 0.717) is 11.8 Å². The lowest BCUT2D eigenvalue weighted by molar-refractivity contribution is 1.19. The summed E-state index contributed by atoms with van der Waals surface area (Å²) in [5, 5.41) is 0. The van der Waals surface area contributed by atoms with Gasteiger partial charge in [-0.15, -0.1) is 23.2 Å². The van der Waals surface area contributed by atoms with Crippen LogP contribution in [0, 0.1) is 13.8 Å². The first-order chi connectivity index (χ1) is 5.69. The van der Waals surface area contributed by atoms with Gasteiger partial charge in [-0.05, 0) is 30.5 Å². The minimum absolute atomic E-state index is 0.546. The number of alkyl halides is 2. The highest BCUT2D eigenvalue weighted by atomic mass is 35.5. The Labute approximate surface area is 83.5 Å². The molecule has 0 fully saturated rings. The smallest absolute Gasteiger partial charge is 0.0479 e. The molecule has 0 nitrogen and oxygen atoms in total. The molecule has 0 bridgehead atoms. The van der Waals surface area contributed by atoms with Gasteiger partial charge in [0.05, 0.1) is 0 Å². The molecule has 0 heterocycles. The Morgan fingerprint density at radius 3 is 2.25 bits per heavy atom. The Balaban J connectivity index is 3.24. The minimum atomic E-state index is 0.546. The summed E-state index contributed by atoms with van der Waals surface area (Å²) in [5.41, 5.74) is 4.82. The molecule has 0 spiro atoms. The van der Waals surface area contributed by atoms with Crippen LogP contribution in [0.25, 0.3) is 0 Å². The van der Waals surface area contributed by atoms with E-state index in [9.17, 15) is 0 Å². The van der Waals surface area contributed by atoms with Crippen LogP contribution in [0.5, 0.6) is 0 Å². The quantitative estimate of drug-likeness (QED) is 0.641. The highest BCUT2D eigenvalue weighted by Crippen LogP contribution is 2.20. The zero-order valence-corrected chi connectivity index (χ0v) is 8.84. The first-order valence-corrected chi connectivity index (χ1v) is 4.97. The van der Waals surface area contributed by atoms with E-state index in [0.717, 1.165) is 5.56 Å². The summed E-state index contributed by atoms with van der Waals surface area (Å²) in [6, 6.07) is 4.23. The van der Waals surface area contributed by atoms with E-state index in [4.69, 9.17) is 23.2 Å². The van der Waals surface area contributed by atoms with Crippen LogP contribution in [0.1, 0.15) is 22.3 Å². The summed E-state index contributed by atoms with van der Waals surface area (Å²) in [6.45, 7) is 4.14. The predicted molar refractivity (Wildman–Crippen MR) is 55.0 cm³/mol. The molecule has 1 rings (SSSR count). The molecule has 0 aliphatic rings. The van der Waals surface area contributed by atoms with Gasteiger partial charge in [0.15, 0.2) is 0 Å². The average Bonchev–Trinajstić information content (AvgIpc) is 2.03. The van der Waals surface area contributed by atoms with Crippen LogP contribution < -0.4 is 0 Å². The van der Waals surface area contributed by atoms with E-state index < -0.39 is 0 Å². The minimum Gasteiger partial charge on any atom is -0.122 e. The third kappa shape index (κ3) is 1.94. The van der Waals surface area contributed by atoms with Crippen LogP contribution >= 0.6 is 23.2 Å². The fraction of sp³-hybridized carbons (Fsp3) is 0.400. The lowest BCUT2D eigenvalue weighted by Crippen LogP contribution is -1.93. The van der Waals surface area contributed by atoms with Gasteiger partial charge in [-0.2, -0.15) is 0 Å². The highest BCUT2D eigenvalue weighted by molar-refractivity contribution is 6.18. The highest BCUT2D eigenvalue weighted by Gasteiger charge is 2.04. The third-order valence-electron chi connectivity index (χ3n) is 1.99. The zero-order valence-electron chi connectivity index (χ0n) is 7.32. The van der Waals surface area contributed by atoms with Gasteiger partial charge in [0.25, 0.3) is 0 Å². The molecule has 0 saturated heterocycles. The number of rotatable bonds is 2. The van der Waals surface area contributed by atoms with E-state index >= 15 is 0 Å². The normalized spacial score (nSPS) is 10.3. The van der Waals surface area contributed by atoms with Gasteiger partial charge in [0.2, 0.25) is 0 Å². The molecule has 2 heteroatoms. The Morgan fingerprint density at radius 1 is 1.08 bits per heavy atom. The van der Waals surface area contributed by atoms with E-state index in [2.05, 4.69) is 26.0 Å². The SMILES string of the molecule is Cc1cc(C)c(CCl)c(CCl)c1. The molecule has 0 aliphatic carbocycles. The Kier molecular flexibility index (Phi) is 3.42. The summed E-state index contributed by atoms with van der Waals surface area (Å²) in [6.07, 6.45) is 0. The first-order valence-electron chi connectivity index (χ1n) is 3.90. The van der Waals surface area contributed by atoms with Crippen molar-refractivity contribution in [3.8, 4) is 0 Å². The maximum Gasteiger partial charge on any atom is 0.0479 e. The number of benzene rings is 1. The summed E-state index contributed by atoms with van der Waals surface area (Å²) in [7, 11) is 0. The lowest BCUT2D eigenvalue weighted by atomic mass is 10.0. The standard InChI is InChI=1S/C10H12Cl2/c1-7-3-8(2)10(6-12)9(4-7)5-11/h3-4H,5-6H2,1-2H3. The van der Waals surface area contributed by atoms with Crippen molar-refractivity contribution in [2.75, 3.05) is 0 Å². The maximum atomic E-state index is 5.81. The van der Waals surface area contributed by atoms with E-state index in [1.807, 2.05) is 0 Å². The van der Waals surface area contributed by atoms with Gasteiger partial charge >= 0.3 is 0 Å². The van der Waals surface area contributed by atoms with Crippen molar-refractivity contribution in [3.05, 3.63) is 34.4 Å². The van der Waals surface area contributed by atoms with Crippen molar-refractivity contribution < 1.29 is 0 Å². The monoisotopic (exact) mass is 202 g/mol. The molecule has 0 amide bonds. The lowest BCUT2D eigenvalue weighted by Gasteiger charge is -2.08. The molecule has 0 aromatic heterocycles. The first kappa shape index (κ1) is 9.88. The Hall–Kier alpha value is -0.200. The second kappa shape index (κ2) is 4.15. The maximum absolute atomic E-state index is 5.81. The average molecular weight is 203 g/mol. The molecule has 0 aliphatic heterocycles. The molecule has 0 unspecified atom stereocenters. The van der Waals surface area contributed by atoms with E-state index in [1.54, 1.807) is 0 Å². The van der Waals surface area contributed by atoms with Crippen LogP contribution in [0.2, 0.25) is 0 Å². The summed E-state index contributed by atoms with van der Waals surface area (Å²) in [4.78, 5) is 0. The fourth-order valence-corrected chi connectivity index (χ4v) is 2.02. The van der Waals surface area contributed by atoms with Gasteiger partial charge in [0, 0.05) is 11.8 Å². The van der Waals surface area contributed by atoms with Crippen molar-refractivity contribution >= 4 is 23.2 Å². The molecule has 0 saturated carbocycles. The largest absolute Gasteiger partial charge is 0.122 e. The van der Waals surface area contributed by atoms with Crippen LogP contribution in [0.4, 0.5) is 0 Å². The number of hydrogen-bond acceptors (Lipinski definition) is 0. The van der Waals surface area contributed by atoms with Crippen LogP contribution in [-0.2, 0) is 11.8 Å². The Bertz CT molecular complexity index is 279. The van der Waals surface area contributed by atoms with Gasteiger partial charge in [-0.25, -0.2) is 0 Å². The van der Waals surface area contributed by atoms with Gasteiger partial charge in [0.1, 0.15) is 0 Å². The van der Waals surface area contributed by atoms with Gasteiger partial charge < -0.3 is 0 Å². The molecule has 66 valence electrons. The number of halogens is 2. The zero-order chi connectivity index (χ0) is 9.14. The summed E-state index contributed by atoms with van der Waals surface area (Å²) < 4.78 is 0. The second-order valence-electron chi connectivity index (χ2n) is 2.99. The van der Waals surface area contributed by atoms with Crippen LogP contribution in [-0.4, -0.2) is 0 Å². The number of aryl methyl sites for hydroxylation is 2. The van der Waals surface area contributed by atoms with Crippen molar-refractivity contribution in [3.63, 3.8) is 0 Å². The molecule has 1 aromatic rings. The summed E-state index contributed by atoms with van der Waals surface area (Å²) >= 11 is 11.6. The topological polar surface area (TPSA) is 0 Å². The third-order valence-corrected chi connectivity index (χ3v) is 2.54. The molecular weight excluding hydrogens is 191 g/mol. The van der Waals surface area contributed by atoms with Crippen LogP contribution in [0.3, 0.4) is 0 Å². The molecular formula is C10H12Cl2. The molecule has 0 N–H and O–H groups in total. The van der Waals surface area contributed by atoms with Crippen molar-refractivity contribution in [2.24, 2.45) is 0 Å². The fourth-order valence-electron chi connectivity index (χ4n) is 1.40. The molecule has 0 atom stereocenters. The van der Waals surface area contributed by atoms with Gasteiger partial charge in [-0.1, -0.05) is 17.7 Å². The van der Waals surface area contributed by atoms with Crippen LogP contribution in [0.15, 0.2) is 12.1 Å². The van der Waals surface area contributed by atoms with E-state index in [1.165, 1.54) is 16.7 Å². The van der Waals surface area contributed by atoms with Gasteiger partial charge in [-0.3, -0.25) is 0 Å². The molecule has 12 heavy (non-hydrogen) atoms. The predicted octanol–water partition coefficient (Wildman–Crippen LogP) is 3.78. The number of hydrogen-bond donors (Lipinski definition) is 0. The summed E-state index contributed by atoms with van der Waals surface area (Å²) in [5.74, 6) is 1.10. The van der Waals surface area contributed by atoms with Crippen molar-refractivity contribution in [2.45, 2.75) is 25.6 Å².